The second-order valence-corrected chi connectivity index (χ2v) is 7.77. The Kier molecular flexibility index (Phi) is 6.22. The largest absolute Gasteiger partial charge is 0.485 e. The number of para-hydroxylation sites is 2. The average molecular weight is 456 g/mol. The summed E-state index contributed by atoms with van der Waals surface area (Å²) in [5.41, 5.74) is 0.996. The van der Waals surface area contributed by atoms with E-state index in [2.05, 4.69) is 4.99 Å². The van der Waals surface area contributed by atoms with Gasteiger partial charge in [0.25, 0.3) is 5.91 Å². The topological polar surface area (TPSA) is 105 Å². The van der Waals surface area contributed by atoms with Crippen molar-refractivity contribution in [2.45, 2.75) is 19.6 Å². The third kappa shape index (κ3) is 4.35. The highest BCUT2D eigenvalue weighted by Crippen LogP contribution is 2.31. The van der Waals surface area contributed by atoms with Crippen LogP contribution in [0.15, 0.2) is 47.5 Å². The smallest absolute Gasteiger partial charge is 0.338 e. The van der Waals surface area contributed by atoms with Gasteiger partial charge in [0, 0.05) is 0 Å². The highest BCUT2D eigenvalue weighted by Gasteiger charge is 2.27. The molecule has 1 aliphatic rings. The van der Waals surface area contributed by atoms with Crippen LogP contribution in [0.4, 0.5) is 0 Å². The number of nitrogens with zero attached hydrogens (tertiary/aromatic N) is 2. The number of methoxy groups -OCH3 is 1. The molecule has 2 heterocycles. The first-order chi connectivity index (χ1) is 15.5. The number of fused-ring (bicyclic) bond motifs is 2. The van der Waals surface area contributed by atoms with Crippen molar-refractivity contribution in [1.29, 1.82) is 0 Å². The number of carbonyl (C=O) groups is 3. The second-order valence-electron chi connectivity index (χ2n) is 6.76. The fourth-order valence-electron chi connectivity index (χ4n) is 3.15. The van der Waals surface area contributed by atoms with Gasteiger partial charge in [-0.1, -0.05) is 23.5 Å². The van der Waals surface area contributed by atoms with E-state index in [1.165, 1.54) is 18.4 Å². The van der Waals surface area contributed by atoms with E-state index in [0.29, 0.717) is 27.3 Å². The molecular weight excluding hydrogens is 436 g/mol. The molecule has 2 aromatic carbocycles. The predicted molar refractivity (Wildman–Crippen MR) is 115 cm³/mol. The van der Waals surface area contributed by atoms with E-state index in [1.54, 1.807) is 47.9 Å². The molecule has 0 radical (unpaired) electrons. The van der Waals surface area contributed by atoms with Crippen LogP contribution in [0.2, 0.25) is 0 Å². The third-order valence-electron chi connectivity index (χ3n) is 4.70. The Morgan fingerprint density at radius 3 is 2.72 bits per heavy atom. The summed E-state index contributed by atoms with van der Waals surface area (Å²) in [6.07, 6.45) is -0.920. The Morgan fingerprint density at radius 2 is 1.97 bits per heavy atom. The molecule has 0 spiro atoms. The van der Waals surface area contributed by atoms with Crippen molar-refractivity contribution in [2.75, 3.05) is 20.3 Å². The van der Waals surface area contributed by atoms with Crippen LogP contribution in [0.25, 0.3) is 10.2 Å². The zero-order valence-corrected chi connectivity index (χ0v) is 18.2. The van der Waals surface area contributed by atoms with Gasteiger partial charge in [-0.25, -0.2) is 4.79 Å². The van der Waals surface area contributed by atoms with Gasteiger partial charge in [-0.2, -0.15) is 4.99 Å². The minimum absolute atomic E-state index is 0.0221. The molecule has 0 saturated heterocycles. The lowest BCUT2D eigenvalue weighted by Gasteiger charge is -2.23. The molecule has 0 bridgehead atoms. The summed E-state index contributed by atoms with van der Waals surface area (Å²) in [6.45, 7) is 1.86. The molecule has 1 amide bonds. The molecule has 0 fully saturated rings. The number of aromatic nitrogens is 1. The van der Waals surface area contributed by atoms with Gasteiger partial charge in [-0.3, -0.25) is 9.59 Å². The third-order valence-corrected chi connectivity index (χ3v) is 5.74. The van der Waals surface area contributed by atoms with Gasteiger partial charge in [0.2, 0.25) is 6.10 Å². The lowest BCUT2D eigenvalue weighted by Crippen LogP contribution is -2.37. The number of carbonyl (C=O) groups excluding carboxylic acids is 3. The summed E-state index contributed by atoms with van der Waals surface area (Å²) < 4.78 is 23.4. The van der Waals surface area contributed by atoms with Gasteiger partial charge in [-0.05, 0) is 37.3 Å². The normalized spacial score (nSPS) is 15.4. The number of thiazole rings is 1. The van der Waals surface area contributed by atoms with Crippen molar-refractivity contribution in [1.82, 2.24) is 4.57 Å². The van der Waals surface area contributed by atoms with Gasteiger partial charge in [0.1, 0.15) is 13.2 Å². The zero-order chi connectivity index (χ0) is 22.7. The summed E-state index contributed by atoms with van der Waals surface area (Å²) in [5, 5.41) is 0. The second kappa shape index (κ2) is 9.23. The van der Waals surface area contributed by atoms with Gasteiger partial charge in [-0.15, -0.1) is 0 Å². The maximum Gasteiger partial charge on any atom is 0.338 e. The molecule has 0 aliphatic carbocycles. The van der Waals surface area contributed by atoms with Crippen LogP contribution in [0.1, 0.15) is 17.3 Å². The Labute approximate surface area is 186 Å². The summed E-state index contributed by atoms with van der Waals surface area (Å²) >= 11 is 1.17. The molecule has 1 atom stereocenters. The Balaban J connectivity index is 1.71. The maximum atomic E-state index is 12.9. The summed E-state index contributed by atoms with van der Waals surface area (Å²) in [4.78, 5) is 41.4. The molecule has 3 aromatic rings. The Hall–Kier alpha value is -3.66. The molecule has 1 unspecified atom stereocenters. The maximum absolute atomic E-state index is 12.9. The van der Waals surface area contributed by atoms with Gasteiger partial charge in [0.05, 0.1) is 29.5 Å². The van der Waals surface area contributed by atoms with E-state index >= 15 is 0 Å². The van der Waals surface area contributed by atoms with Crippen molar-refractivity contribution in [3.8, 4) is 11.5 Å². The highest BCUT2D eigenvalue weighted by atomic mass is 32.1. The summed E-state index contributed by atoms with van der Waals surface area (Å²) in [6, 6.07) is 12.0. The number of ether oxygens (including phenoxy) is 4. The SMILES string of the molecule is CCOC(=O)c1ccc2c(c1)sc(=NC(=O)C1COc3ccccc3O1)n2CC(=O)OC. The van der Waals surface area contributed by atoms with Crippen LogP contribution in [0.3, 0.4) is 0 Å². The number of benzene rings is 2. The molecule has 1 aromatic heterocycles. The van der Waals surface area contributed by atoms with E-state index in [4.69, 9.17) is 18.9 Å². The Bertz CT molecular complexity index is 1260. The minimum atomic E-state index is -0.920. The summed E-state index contributed by atoms with van der Waals surface area (Å²) in [5.74, 6) is -0.478. The van der Waals surface area contributed by atoms with Crippen LogP contribution in [-0.4, -0.2) is 48.8 Å². The molecule has 0 N–H and O–H groups in total. The molecule has 0 saturated carbocycles. The van der Waals surface area contributed by atoms with Gasteiger partial charge < -0.3 is 23.5 Å². The molecular formula is C22H20N2O7S. The number of esters is 2. The first kappa shape index (κ1) is 21.6. The summed E-state index contributed by atoms with van der Waals surface area (Å²) in [7, 11) is 1.28. The van der Waals surface area contributed by atoms with Crippen molar-refractivity contribution < 1.29 is 33.3 Å². The Morgan fingerprint density at radius 1 is 1.19 bits per heavy atom. The van der Waals surface area contributed by atoms with E-state index in [0.717, 1.165) is 0 Å². The molecule has 166 valence electrons. The van der Waals surface area contributed by atoms with Crippen molar-refractivity contribution in [2.24, 2.45) is 4.99 Å². The fourth-order valence-corrected chi connectivity index (χ4v) is 4.23. The standard InChI is InChI=1S/C22H20N2O7S/c1-3-29-21(27)13-8-9-14-18(10-13)32-22(24(14)11-19(25)28-2)23-20(26)17-12-30-15-6-4-5-7-16(15)31-17/h4-10,17H,3,11-12H2,1-2H3. The first-order valence-corrected chi connectivity index (χ1v) is 10.7. The minimum Gasteiger partial charge on any atom is -0.485 e. The van der Waals surface area contributed by atoms with Crippen LogP contribution in [0, 0.1) is 0 Å². The lowest BCUT2D eigenvalue weighted by atomic mass is 10.2. The molecule has 1 aliphatic heterocycles. The van der Waals surface area contributed by atoms with Gasteiger partial charge in [0.15, 0.2) is 16.3 Å². The number of hydrogen-bond donors (Lipinski definition) is 0. The zero-order valence-electron chi connectivity index (χ0n) is 17.4. The molecule has 32 heavy (non-hydrogen) atoms. The predicted octanol–water partition coefficient (Wildman–Crippen LogP) is 2.32. The van der Waals surface area contributed by atoms with Gasteiger partial charge >= 0.3 is 11.9 Å². The van der Waals surface area contributed by atoms with E-state index in [1.807, 2.05) is 6.07 Å². The molecule has 4 rings (SSSR count). The number of hydrogen-bond acceptors (Lipinski definition) is 8. The van der Waals surface area contributed by atoms with Crippen LogP contribution in [0.5, 0.6) is 11.5 Å². The van der Waals surface area contributed by atoms with Crippen molar-refractivity contribution in [3.05, 3.63) is 52.8 Å². The monoisotopic (exact) mass is 456 g/mol. The van der Waals surface area contributed by atoms with Crippen LogP contribution < -0.4 is 14.3 Å². The van der Waals surface area contributed by atoms with E-state index in [-0.39, 0.29) is 24.6 Å². The highest BCUT2D eigenvalue weighted by molar-refractivity contribution is 7.16. The van der Waals surface area contributed by atoms with Crippen LogP contribution >= 0.6 is 11.3 Å². The number of amides is 1. The molecule has 10 heteroatoms. The lowest BCUT2D eigenvalue weighted by molar-refractivity contribution is -0.141. The quantitative estimate of drug-likeness (QED) is 0.543. The van der Waals surface area contributed by atoms with E-state index in [9.17, 15) is 14.4 Å². The average Bonchev–Trinajstić information content (AvgIpc) is 3.14. The van der Waals surface area contributed by atoms with Crippen LogP contribution in [-0.2, 0) is 25.6 Å². The first-order valence-electron chi connectivity index (χ1n) is 9.84. The fraction of sp³-hybridized carbons (Fsp3) is 0.273. The van der Waals surface area contributed by atoms with E-state index < -0.39 is 23.9 Å². The number of rotatable bonds is 5. The van der Waals surface area contributed by atoms with Crippen molar-refractivity contribution >= 4 is 39.4 Å². The van der Waals surface area contributed by atoms with Crippen molar-refractivity contribution in [3.63, 3.8) is 0 Å². The molecule has 9 nitrogen and oxygen atoms in total.